The summed E-state index contributed by atoms with van der Waals surface area (Å²) in [5.74, 6) is -3.63. The molecule has 0 fully saturated rings. The number of sulfonamides is 1. The number of nitrogens with zero attached hydrogens (tertiary/aromatic N) is 2. The van der Waals surface area contributed by atoms with Crippen molar-refractivity contribution in [3.63, 3.8) is 0 Å². The predicted octanol–water partition coefficient (Wildman–Crippen LogP) is 3.92. The number of aromatic nitrogens is 1. The molecule has 41 heavy (non-hydrogen) atoms. The van der Waals surface area contributed by atoms with Crippen LogP contribution in [0, 0.1) is 6.92 Å². The third-order valence-corrected chi connectivity index (χ3v) is 7.63. The number of carboxylic acid groups (broad SMARTS) is 1. The monoisotopic (exact) mass is 637 g/mol. The van der Waals surface area contributed by atoms with Crippen molar-refractivity contribution in [2.45, 2.75) is 44.0 Å². The van der Waals surface area contributed by atoms with E-state index in [2.05, 4.69) is 14.7 Å². The van der Waals surface area contributed by atoms with Gasteiger partial charge >= 0.3 is 12.1 Å². The number of amides is 1. The topological polar surface area (TPSA) is 187 Å². The molecule has 222 valence electrons. The van der Waals surface area contributed by atoms with Crippen LogP contribution in [0.3, 0.4) is 0 Å². The Labute approximate surface area is 242 Å². The molecule has 1 amide bonds. The van der Waals surface area contributed by atoms with Crippen molar-refractivity contribution in [1.29, 1.82) is 0 Å². The van der Waals surface area contributed by atoms with Crippen molar-refractivity contribution in [3.8, 4) is 5.75 Å². The van der Waals surface area contributed by atoms with Crippen LogP contribution >= 0.6 is 23.2 Å². The summed E-state index contributed by atoms with van der Waals surface area (Å²) in [6.45, 7) is 4.39. The van der Waals surface area contributed by atoms with Gasteiger partial charge in [-0.25, -0.2) is 18.2 Å². The molecule has 2 aromatic carbocycles. The standard InChI is InChI=1S/C22H23Cl2N5O4S.C2HF3O2/c1-12-7-8-13-5-4-6-16(19(13)27-12)33-11-14-15(23)9-10-17(18(14)24)34(31,32)29-22(2,3)20(30)28-21(25)26;3-2(4,5)1(6)7/h4-10,29H,11H2,1-3H3,(H4,25,26,28,30);(H,6,7). The van der Waals surface area contributed by atoms with E-state index in [1.54, 1.807) is 6.07 Å². The van der Waals surface area contributed by atoms with Crippen LogP contribution in [0.25, 0.3) is 10.9 Å². The van der Waals surface area contributed by atoms with Crippen molar-refractivity contribution in [1.82, 2.24) is 9.71 Å². The minimum atomic E-state index is -5.08. The van der Waals surface area contributed by atoms with Crippen LogP contribution in [0.2, 0.25) is 10.0 Å². The summed E-state index contributed by atoms with van der Waals surface area (Å²) < 4.78 is 66.0. The molecule has 0 spiro atoms. The third kappa shape index (κ3) is 8.91. The molecule has 1 heterocycles. The van der Waals surface area contributed by atoms with E-state index >= 15 is 0 Å². The zero-order chi connectivity index (χ0) is 31.3. The average molecular weight is 638 g/mol. The highest BCUT2D eigenvalue weighted by Crippen LogP contribution is 2.33. The first-order chi connectivity index (χ1) is 18.8. The number of carboxylic acids is 1. The first kappa shape index (κ1) is 33.5. The number of rotatable bonds is 7. The van der Waals surface area contributed by atoms with Gasteiger partial charge in [-0.05, 0) is 45.0 Å². The quantitative estimate of drug-likeness (QED) is 0.220. The SMILES string of the molecule is Cc1ccc2cccc(OCc3c(Cl)ccc(S(=O)(=O)NC(C)(C)C(=O)N=C(N)N)c3Cl)c2n1.O=C(O)C(F)(F)F. The first-order valence-corrected chi connectivity index (χ1v) is 13.4. The van der Waals surface area contributed by atoms with Crippen LogP contribution in [0.15, 0.2) is 52.4 Å². The maximum absolute atomic E-state index is 13.1. The first-order valence-electron chi connectivity index (χ1n) is 11.2. The molecule has 0 aliphatic rings. The number of nitrogens with one attached hydrogen (secondary N) is 1. The molecule has 0 unspecified atom stereocenters. The molecule has 3 rings (SSSR count). The molecule has 1 aromatic heterocycles. The highest BCUT2D eigenvalue weighted by Gasteiger charge is 2.38. The van der Waals surface area contributed by atoms with Gasteiger partial charge in [0, 0.05) is 21.7 Å². The molecule has 0 aliphatic carbocycles. The lowest BCUT2D eigenvalue weighted by molar-refractivity contribution is -0.192. The van der Waals surface area contributed by atoms with Crippen molar-refractivity contribution >= 4 is 62.0 Å². The summed E-state index contributed by atoms with van der Waals surface area (Å²) in [6, 6.07) is 11.9. The van der Waals surface area contributed by atoms with Crippen molar-refractivity contribution in [2.75, 3.05) is 0 Å². The number of fused-ring (bicyclic) bond motifs is 1. The summed E-state index contributed by atoms with van der Waals surface area (Å²) >= 11 is 12.8. The highest BCUT2D eigenvalue weighted by molar-refractivity contribution is 7.89. The van der Waals surface area contributed by atoms with Crippen molar-refractivity contribution < 1.29 is 41.0 Å². The number of aliphatic imine (C=N–C) groups is 1. The van der Waals surface area contributed by atoms with Gasteiger partial charge in [-0.1, -0.05) is 41.4 Å². The van der Waals surface area contributed by atoms with Gasteiger partial charge in [-0.2, -0.15) is 22.9 Å². The number of aliphatic carboxylic acids is 1. The van der Waals surface area contributed by atoms with Gasteiger partial charge in [0.2, 0.25) is 10.0 Å². The van der Waals surface area contributed by atoms with Gasteiger partial charge in [-0.15, -0.1) is 0 Å². The number of para-hydroxylation sites is 1. The molecule has 17 heteroatoms. The molecule has 0 saturated heterocycles. The van der Waals surface area contributed by atoms with Crippen LogP contribution in [0.1, 0.15) is 25.1 Å². The number of hydrogen-bond donors (Lipinski definition) is 4. The fourth-order valence-corrected chi connectivity index (χ4v) is 5.35. The Morgan fingerprint density at radius 2 is 1.71 bits per heavy atom. The van der Waals surface area contributed by atoms with E-state index in [0.29, 0.717) is 11.3 Å². The maximum Gasteiger partial charge on any atom is 0.490 e. The van der Waals surface area contributed by atoms with Crippen LogP contribution in [-0.2, 0) is 26.2 Å². The smallest absolute Gasteiger partial charge is 0.487 e. The van der Waals surface area contributed by atoms with E-state index in [4.69, 9.17) is 49.3 Å². The molecule has 0 atom stereocenters. The number of guanidine groups is 1. The molecule has 3 aromatic rings. The van der Waals surface area contributed by atoms with Gasteiger partial charge in [-0.3, -0.25) is 4.79 Å². The Bertz CT molecular complexity index is 1610. The Morgan fingerprint density at radius 3 is 2.27 bits per heavy atom. The number of benzene rings is 2. The van der Waals surface area contributed by atoms with Gasteiger partial charge in [0.1, 0.15) is 28.3 Å². The number of carbonyl (C=O) groups excluding carboxylic acids is 1. The van der Waals surface area contributed by atoms with Crippen LogP contribution < -0.4 is 20.9 Å². The van der Waals surface area contributed by atoms with Gasteiger partial charge < -0.3 is 21.3 Å². The minimum Gasteiger partial charge on any atom is -0.487 e. The largest absolute Gasteiger partial charge is 0.490 e. The van der Waals surface area contributed by atoms with E-state index in [-0.39, 0.29) is 27.1 Å². The summed E-state index contributed by atoms with van der Waals surface area (Å²) in [5.41, 5.74) is 10.5. The Hall–Kier alpha value is -3.66. The zero-order valence-corrected chi connectivity index (χ0v) is 23.9. The highest BCUT2D eigenvalue weighted by atomic mass is 35.5. The van der Waals surface area contributed by atoms with E-state index < -0.39 is 39.6 Å². The summed E-state index contributed by atoms with van der Waals surface area (Å²) in [6.07, 6.45) is -5.08. The lowest BCUT2D eigenvalue weighted by atomic mass is 10.1. The number of halogens is 5. The molecular formula is C24H24Cl2F3N5O6S. The number of alkyl halides is 3. The number of pyridine rings is 1. The van der Waals surface area contributed by atoms with Gasteiger partial charge in [0.05, 0.1) is 5.02 Å². The second-order valence-corrected chi connectivity index (χ2v) is 11.2. The summed E-state index contributed by atoms with van der Waals surface area (Å²) in [4.78, 5) is 28.8. The molecule has 0 aliphatic heterocycles. The number of nitrogens with two attached hydrogens (primary N) is 2. The maximum atomic E-state index is 13.1. The molecule has 0 bridgehead atoms. The lowest BCUT2D eigenvalue weighted by Gasteiger charge is -2.23. The van der Waals surface area contributed by atoms with E-state index in [0.717, 1.165) is 11.1 Å². The van der Waals surface area contributed by atoms with Crippen molar-refractivity contribution in [3.05, 3.63) is 63.8 Å². The molecular weight excluding hydrogens is 614 g/mol. The summed E-state index contributed by atoms with van der Waals surface area (Å²) in [5, 5.41) is 8.08. The van der Waals surface area contributed by atoms with Crippen molar-refractivity contribution in [2.24, 2.45) is 16.5 Å². The summed E-state index contributed by atoms with van der Waals surface area (Å²) in [7, 11) is -4.27. The molecule has 0 radical (unpaired) electrons. The average Bonchev–Trinajstić information content (AvgIpc) is 2.82. The third-order valence-electron chi connectivity index (χ3n) is 5.03. The predicted molar refractivity (Wildman–Crippen MR) is 146 cm³/mol. The fraction of sp³-hybridized carbons (Fsp3) is 0.250. The Morgan fingerprint density at radius 1 is 1.10 bits per heavy atom. The normalized spacial score (nSPS) is 11.8. The van der Waals surface area contributed by atoms with Crippen LogP contribution in [-0.4, -0.2) is 48.1 Å². The van der Waals surface area contributed by atoms with Crippen LogP contribution in [0.4, 0.5) is 13.2 Å². The Balaban J connectivity index is 0.000000745. The van der Waals surface area contributed by atoms with E-state index in [1.165, 1.54) is 26.0 Å². The zero-order valence-electron chi connectivity index (χ0n) is 21.6. The van der Waals surface area contributed by atoms with E-state index in [1.807, 2.05) is 31.2 Å². The van der Waals surface area contributed by atoms with Gasteiger partial charge in [0.15, 0.2) is 5.96 Å². The number of ether oxygens (including phenoxy) is 1. The fourth-order valence-electron chi connectivity index (χ4n) is 3.09. The van der Waals surface area contributed by atoms with Gasteiger partial charge in [0.25, 0.3) is 5.91 Å². The second-order valence-electron chi connectivity index (χ2n) is 8.78. The van der Waals surface area contributed by atoms with Crippen LogP contribution in [0.5, 0.6) is 5.75 Å². The number of carbonyl (C=O) groups is 2. The minimum absolute atomic E-state index is 0.119. The molecule has 6 N–H and O–H groups in total. The number of aryl methyl sites for hydroxylation is 1. The Kier molecular flexibility index (Phi) is 10.5. The number of hydrogen-bond acceptors (Lipinski definition) is 6. The lowest BCUT2D eigenvalue weighted by Crippen LogP contribution is -2.49. The van der Waals surface area contributed by atoms with E-state index in [9.17, 15) is 26.4 Å². The molecule has 11 nitrogen and oxygen atoms in total. The second kappa shape index (κ2) is 12.9. The molecule has 0 saturated carbocycles.